The molecule has 62 heavy (non-hydrogen) atoms. The molecular weight excluding hydrogens is 967 g/mol. The molecule has 0 saturated heterocycles. The Morgan fingerprint density at radius 2 is 1.52 bits per heavy atom. The van der Waals surface area contributed by atoms with E-state index in [1.54, 1.807) is 5.56 Å². The number of pyridine rings is 1. The topological polar surface area (TPSA) is 30.7 Å². The Bertz CT molecular complexity index is 3210. The molecule has 1 radical (unpaired) electrons. The van der Waals surface area contributed by atoms with Crippen LogP contribution in [0.15, 0.2) is 127 Å². The van der Waals surface area contributed by atoms with Crippen molar-refractivity contribution in [2.75, 3.05) is 0 Å². The Hall–Kier alpha value is -4.97. The van der Waals surface area contributed by atoms with Crippen LogP contribution in [-0.2, 0) is 32.9 Å². The van der Waals surface area contributed by atoms with Crippen LogP contribution in [0.1, 0.15) is 87.0 Å². The number of hydrogen-bond donors (Lipinski definition) is 0. The van der Waals surface area contributed by atoms with Crippen molar-refractivity contribution >= 4 is 55.8 Å². The molecule has 1 aliphatic carbocycles. The second kappa shape index (κ2) is 18.0. The Kier molecular flexibility index (Phi) is 10.9. The van der Waals surface area contributed by atoms with Gasteiger partial charge in [0, 0.05) is 43.5 Å². The van der Waals surface area contributed by atoms with E-state index in [1.807, 2.05) is 29.7 Å². The molecule has 0 bridgehead atoms. The summed E-state index contributed by atoms with van der Waals surface area (Å²) in [5.74, 6) is 1.63. The summed E-state index contributed by atoms with van der Waals surface area (Å²) in [5, 5.41) is 4.02. The van der Waals surface area contributed by atoms with Gasteiger partial charge in [-0.05, 0) is 122 Å². The molecule has 3 aromatic heterocycles. The number of nitrogens with zero attached hydrogens (tertiary/aromatic N) is 3. The molecule has 315 valence electrons. The van der Waals surface area contributed by atoms with Crippen LogP contribution >= 0.6 is 11.3 Å². The number of aryl methyl sites for hydroxylation is 2. The fraction of sp³-hybridized carbons (Fsp3) is 0.250. The molecule has 1 aliphatic rings. The number of rotatable bonds is 7. The van der Waals surface area contributed by atoms with Gasteiger partial charge < -0.3 is 9.55 Å². The molecule has 0 amide bonds. The first-order valence-electron chi connectivity index (χ1n) is 24.1. The van der Waals surface area contributed by atoms with Crippen molar-refractivity contribution in [2.24, 2.45) is 0 Å². The third-order valence-electron chi connectivity index (χ3n) is 12.0. The molecule has 0 fully saturated rings. The zero-order chi connectivity index (χ0) is 46.7. The van der Waals surface area contributed by atoms with Gasteiger partial charge in [-0.25, -0.2) is 0 Å². The van der Waals surface area contributed by atoms with Gasteiger partial charge in [-0.15, -0.1) is 59.1 Å². The fourth-order valence-electron chi connectivity index (χ4n) is 8.72. The van der Waals surface area contributed by atoms with Crippen LogP contribution in [0.25, 0.3) is 70.7 Å². The third-order valence-corrected chi connectivity index (χ3v) is 15.2. The summed E-state index contributed by atoms with van der Waals surface area (Å²) in [6.45, 7) is 13.5. The minimum absolute atomic E-state index is 0. The van der Waals surface area contributed by atoms with Gasteiger partial charge in [0.15, 0.2) is 0 Å². The Balaban J connectivity index is 0.000000224. The summed E-state index contributed by atoms with van der Waals surface area (Å²) in [7, 11) is -1.43. The summed E-state index contributed by atoms with van der Waals surface area (Å²) >= 11 is 1.90. The van der Waals surface area contributed by atoms with E-state index in [0.29, 0.717) is 23.1 Å². The van der Waals surface area contributed by atoms with Gasteiger partial charge >= 0.3 is 0 Å². The molecule has 3 heterocycles. The Morgan fingerprint density at radius 1 is 0.774 bits per heavy atom. The van der Waals surface area contributed by atoms with Gasteiger partial charge in [-0.1, -0.05) is 120 Å². The molecule has 0 unspecified atom stereocenters. The van der Waals surface area contributed by atoms with Crippen LogP contribution in [0.2, 0.25) is 19.6 Å². The van der Waals surface area contributed by atoms with Gasteiger partial charge in [0.05, 0.1) is 24.9 Å². The van der Waals surface area contributed by atoms with Gasteiger partial charge in [0.25, 0.3) is 0 Å². The third kappa shape index (κ3) is 8.55. The molecule has 9 aromatic rings. The predicted octanol–water partition coefficient (Wildman–Crippen LogP) is 15.1. The van der Waals surface area contributed by atoms with E-state index in [9.17, 15) is 0 Å². The average Bonchev–Trinajstić information content (AvgIpc) is 3.87. The van der Waals surface area contributed by atoms with Crippen LogP contribution < -0.4 is 5.19 Å². The van der Waals surface area contributed by atoms with Crippen molar-refractivity contribution in [1.82, 2.24) is 14.5 Å². The smallest absolute Gasteiger partial charge is 0.0795 e. The van der Waals surface area contributed by atoms with Crippen LogP contribution in [0.3, 0.4) is 0 Å². The van der Waals surface area contributed by atoms with Crippen molar-refractivity contribution in [3.63, 3.8) is 0 Å². The molecule has 0 spiro atoms. The van der Waals surface area contributed by atoms with E-state index < -0.39 is 14.9 Å². The van der Waals surface area contributed by atoms with Crippen LogP contribution in [-0.4, -0.2) is 22.6 Å². The van der Waals surface area contributed by atoms with Gasteiger partial charge in [-0.3, -0.25) is 4.98 Å². The van der Waals surface area contributed by atoms with E-state index in [2.05, 4.69) is 160 Å². The molecule has 0 atom stereocenters. The second-order valence-corrected chi connectivity index (χ2v) is 24.1. The van der Waals surface area contributed by atoms with Gasteiger partial charge in [0.2, 0.25) is 0 Å². The largest absolute Gasteiger partial charge is 0.333 e. The van der Waals surface area contributed by atoms with E-state index in [0.717, 1.165) is 22.4 Å². The number of aromatic nitrogens is 3. The second-order valence-electron chi connectivity index (χ2n) is 18.0. The molecule has 10 rings (SSSR count). The maximum absolute atomic E-state index is 7.88. The first-order valence-corrected chi connectivity index (χ1v) is 25.9. The average molecular weight is 1030 g/mol. The van der Waals surface area contributed by atoms with Crippen molar-refractivity contribution in [1.29, 1.82) is 0 Å². The van der Waals surface area contributed by atoms with Gasteiger partial charge in [-0.2, -0.15) is 11.3 Å². The molecule has 0 N–H and O–H groups in total. The van der Waals surface area contributed by atoms with E-state index in [1.165, 1.54) is 90.6 Å². The zero-order valence-corrected chi connectivity index (χ0v) is 40.7. The quantitative estimate of drug-likeness (QED) is 0.118. The van der Waals surface area contributed by atoms with Crippen LogP contribution in [0.4, 0.5) is 0 Å². The number of para-hydroxylation sites is 2. The number of imidazole rings is 1. The SMILES string of the molecule is CC(C)c1cc(-c2ccccc2)cc(C(C)C)c1-n1c(-c2[c-]cc3sc4ccc5c(c4c3c2)CCCC5)nc2ccccc21.[2H]c1[c-]c(-c2ccc([Si](C)(C)C)cn2)cc([2H])c1C([2H])([2H])[2H].[Ir]. The number of benzene rings is 6. The van der Waals surface area contributed by atoms with Crippen molar-refractivity contribution < 1.29 is 27.0 Å². The standard InChI is InChI=1S/C41H37N2S.C15H18NSi.Ir/c1-25(2)32-23-30(27-12-6-5-7-13-27)24-33(26(3)4)40(32)43-36-17-11-10-16-35(36)42-41(43)29-19-20-37-34(22-29)39-31-15-9-8-14-28(31)18-21-38(39)44-37;1-12-5-7-13(8-6-12)15-10-9-14(11-16-15)17(2,3)4;/h5-7,10-13,16-18,20-26H,8-9,14-15H2,1-4H3;5-7,9-11H,1-4H3;/q2*-1;/i;1D3,5D,6D;. The summed E-state index contributed by atoms with van der Waals surface area (Å²) < 4.78 is 43.0. The minimum atomic E-state index is -2.47. The van der Waals surface area contributed by atoms with Crippen LogP contribution in [0, 0.1) is 19.0 Å². The van der Waals surface area contributed by atoms with E-state index in [-0.39, 0.29) is 37.8 Å². The predicted molar refractivity (Wildman–Crippen MR) is 265 cm³/mol. The van der Waals surface area contributed by atoms with E-state index >= 15 is 0 Å². The Morgan fingerprint density at radius 3 is 2.21 bits per heavy atom. The molecule has 0 saturated carbocycles. The monoisotopic (exact) mass is 1030 g/mol. The van der Waals surface area contributed by atoms with E-state index in [4.69, 9.17) is 11.8 Å². The fourth-order valence-corrected chi connectivity index (χ4v) is 10.9. The van der Waals surface area contributed by atoms with Crippen molar-refractivity contribution in [3.05, 3.63) is 167 Å². The maximum Gasteiger partial charge on any atom is 0.0795 e. The van der Waals surface area contributed by atoms with Crippen LogP contribution in [0.5, 0.6) is 0 Å². The first kappa shape index (κ1) is 37.6. The number of hydrogen-bond acceptors (Lipinski definition) is 3. The van der Waals surface area contributed by atoms with Crippen molar-refractivity contribution in [3.8, 4) is 39.5 Å². The molecule has 6 heteroatoms. The first-order chi connectivity index (χ1) is 31.5. The number of fused-ring (bicyclic) bond motifs is 6. The Labute approximate surface area is 393 Å². The molecule has 6 aromatic carbocycles. The van der Waals surface area contributed by atoms with Gasteiger partial charge in [0.1, 0.15) is 0 Å². The van der Waals surface area contributed by atoms with Crippen molar-refractivity contribution in [2.45, 2.75) is 91.7 Å². The molecule has 0 aliphatic heterocycles. The normalized spacial score (nSPS) is 14.1. The minimum Gasteiger partial charge on any atom is -0.333 e. The summed E-state index contributed by atoms with van der Waals surface area (Å²) in [4.78, 5) is 9.72. The summed E-state index contributed by atoms with van der Waals surface area (Å²) in [6.07, 6.45) is 6.76. The molecular formula is C56H55IrN3SSi-2. The zero-order valence-electron chi connectivity index (χ0n) is 41.5. The number of thiophene rings is 1. The summed E-state index contributed by atoms with van der Waals surface area (Å²) in [5.41, 5.74) is 13.6. The molecule has 3 nitrogen and oxygen atoms in total. The summed E-state index contributed by atoms with van der Waals surface area (Å²) in [6, 6.07) is 44.8. The maximum atomic E-state index is 7.88.